The molecular weight excluding hydrogens is 556 g/mol. The van der Waals surface area contributed by atoms with E-state index in [1.165, 1.54) is 11.8 Å². The summed E-state index contributed by atoms with van der Waals surface area (Å²) in [6.45, 7) is 5.46. The first-order valence-corrected chi connectivity index (χ1v) is 14.7. The van der Waals surface area contributed by atoms with Gasteiger partial charge in [0.15, 0.2) is 5.17 Å². The normalized spacial score (nSPS) is 18.3. The number of piperazine rings is 1. The Kier molecular flexibility index (Phi) is 8.86. The number of methoxy groups -OCH3 is 2. The van der Waals surface area contributed by atoms with Gasteiger partial charge in [-0.2, -0.15) is 0 Å². The SMILES string of the molecule is CCOC(=O)C1=C(c2ccccc2)N=C2SC=C(CC(=O)N3CCN(C(C)=O)CC3)N2[C@@H]1c1ccc(OC)cc1OC. The summed E-state index contributed by atoms with van der Waals surface area (Å²) < 4.78 is 16.8. The fraction of sp³-hybridized carbons (Fsp3) is 0.355. The Morgan fingerprint density at radius 3 is 2.33 bits per heavy atom. The Morgan fingerprint density at radius 1 is 0.976 bits per heavy atom. The van der Waals surface area contributed by atoms with Gasteiger partial charge < -0.3 is 28.9 Å². The fourth-order valence-electron chi connectivity index (χ4n) is 5.36. The van der Waals surface area contributed by atoms with Gasteiger partial charge >= 0.3 is 5.97 Å². The highest BCUT2D eigenvalue weighted by Crippen LogP contribution is 2.49. The molecule has 42 heavy (non-hydrogen) atoms. The minimum Gasteiger partial charge on any atom is -0.497 e. The topological polar surface area (TPSA) is 101 Å². The summed E-state index contributed by atoms with van der Waals surface area (Å²) in [6, 6.07) is 14.3. The number of aliphatic imine (C=N–C) groups is 1. The number of nitrogens with zero attached hydrogens (tertiary/aromatic N) is 4. The molecule has 3 heterocycles. The molecule has 3 aliphatic rings. The average Bonchev–Trinajstić information content (AvgIpc) is 3.42. The summed E-state index contributed by atoms with van der Waals surface area (Å²) in [7, 11) is 3.15. The molecule has 0 N–H and O–H groups in total. The van der Waals surface area contributed by atoms with Crippen molar-refractivity contribution in [3.05, 3.63) is 76.3 Å². The highest BCUT2D eigenvalue weighted by atomic mass is 32.2. The summed E-state index contributed by atoms with van der Waals surface area (Å²) in [5, 5.41) is 2.57. The maximum absolute atomic E-state index is 13.8. The van der Waals surface area contributed by atoms with Crippen molar-refractivity contribution >= 4 is 40.4 Å². The summed E-state index contributed by atoms with van der Waals surface area (Å²) in [4.78, 5) is 49.5. The molecule has 1 fully saturated rings. The molecule has 1 atom stereocenters. The molecule has 2 aromatic carbocycles. The van der Waals surface area contributed by atoms with Crippen LogP contribution in [0.2, 0.25) is 0 Å². The molecule has 0 aliphatic carbocycles. The smallest absolute Gasteiger partial charge is 0.338 e. The largest absolute Gasteiger partial charge is 0.497 e. The van der Waals surface area contributed by atoms with E-state index >= 15 is 0 Å². The molecule has 2 amide bonds. The molecule has 0 bridgehead atoms. The van der Waals surface area contributed by atoms with Gasteiger partial charge in [-0.25, -0.2) is 9.79 Å². The van der Waals surface area contributed by atoms with Crippen LogP contribution in [0.3, 0.4) is 0 Å². The molecule has 11 heteroatoms. The lowest BCUT2D eigenvalue weighted by Crippen LogP contribution is -2.50. The first-order valence-electron chi connectivity index (χ1n) is 13.8. The number of benzene rings is 2. The predicted molar refractivity (Wildman–Crippen MR) is 161 cm³/mol. The number of thioether (sulfide) groups is 1. The van der Waals surface area contributed by atoms with E-state index in [1.807, 2.05) is 52.8 Å². The number of amidine groups is 1. The Balaban J connectivity index is 1.58. The Labute approximate surface area is 249 Å². The summed E-state index contributed by atoms with van der Waals surface area (Å²) >= 11 is 1.41. The van der Waals surface area contributed by atoms with E-state index in [1.54, 1.807) is 43.9 Å². The van der Waals surface area contributed by atoms with Gasteiger partial charge in [0.05, 0.1) is 44.6 Å². The number of esters is 1. The van der Waals surface area contributed by atoms with Crippen molar-refractivity contribution in [2.75, 3.05) is 47.0 Å². The molecule has 3 aliphatic heterocycles. The number of fused-ring (bicyclic) bond motifs is 1. The maximum atomic E-state index is 13.8. The first kappa shape index (κ1) is 29.2. The van der Waals surface area contributed by atoms with Crippen LogP contribution in [0.5, 0.6) is 11.5 Å². The van der Waals surface area contributed by atoms with E-state index in [4.69, 9.17) is 19.2 Å². The van der Waals surface area contributed by atoms with Crippen LogP contribution in [0.1, 0.15) is 37.4 Å². The number of hydrogen-bond acceptors (Lipinski definition) is 9. The number of amides is 2. The van der Waals surface area contributed by atoms with Gasteiger partial charge in [0.2, 0.25) is 11.8 Å². The van der Waals surface area contributed by atoms with E-state index in [9.17, 15) is 14.4 Å². The molecule has 0 saturated carbocycles. The van der Waals surface area contributed by atoms with Gasteiger partial charge in [-0.1, -0.05) is 42.1 Å². The molecule has 0 radical (unpaired) electrons. The van der Waals surface area contributed by atoms with Crippen LogP contribution in [-0.4, -0.2) is 84.7 Å². The number of carbonyl (C=O) groups excluding carboxylic acids is 3. The van der Waals surface area contributed by atoms with Crippen molar-refractivity contribution in [2.45, 2.75) is 26.3 Å². The van der Waals surface area contributed by atoms with Crippen molar-refractivity contribution in [3.63, 3.8) is 0 Å². The minimum absolute atomic E-state index is 0.00922. The molecular formula is C31H34N4O6S. The van der Waals surface area contributed by atoms with Crippen LogP contribution in [0.25, 0.3) is 5.70 Å². The van der Waals surface area contributed by atoms with Crippen LogP contribution in [-0.2, 0) is 19.1 Å². The van der Waals surface area contributed by atoms with E-state index in [2.05, 4.69) is 0 Å². The monoisotopic (exact) mass is 590 g/mol. The molecule has 220 valence electrons. The average molecular weight is 591 g/mol. The number of ether oxygens (including phenoxy) is 3. The Bertz CT molecular complexity index is 1460. The second-order valence-electron chi connectivity index (χ2n) is 9.91. The van der Waals surface area contributed by atoms with Gasteiger partial charge in [0.25, 0.3) is 0 Å². The predicted octanol–water partition coefficient (Wildman–Crippen LogP) is 4.06. The molecule has 2 aromatic rings. The van der Waals surface area contributed by atoms with Gasteiger partial charge in [0.1, 0.15) is 11.5 Å². The molecule has 0 unspecified atom stereocenters. The van der Waals surface area contributed by atoms with Crippen LogP contribution in [0.15, 0.2) is 70.2 Å². The molecule has 10 nitrogen and oxygen atoms in total. The van der Waals surface area contributed by atoms with Crippen LogP contribution in [0.4, 0.5) is 0 Å². The van der Waals surface area contributed by atoms with Gasteiger partial charge in [-0.15, -0.1) is 0 Å². The van der Waals surface area contributed by atoms with Crippen LogP contribution in [0, 0.1) is 0 Å². The zero-order valence-corrected chi connectivity index (χ0v) is 25.0. The summed E-state index contributed by atoms with van der Waals surface area (Å²) in [5.74, 6) is 0.594. The van der Waals surface area contributed by atoms with Crippen LogP contribution < -0.4 is 9.47 Å². The highest BCUT2D eigenvalue weighted by molar-refractivity contribution is 8.16. The van der Waals surface area contributed by atoms with Crippen molar-refractivity contribution < 1.29 is 28.6 Å². The lowest BCUT2D eigenvalue weighted by molar-refractivity contribution is -0.139. The van der Waals surface area contributed by atoms with Gasteiger partial charge in [-0.05, 0) is 24.5 Å². The second kappa shape index (κ2) is 12.7. The zero-order valence-electron chi connectivity index (χ0n) is 24.2. The lowest BCUT2D eigenvalue weighted by atomic mass is 9.90. The number of hydrogen-bond donors (Lipinski definition) is 0. The standard InChI is InChI=1S/C31H34N4O6S/c1-5-41-30(38)27-28(21-9-7-6-8-10-21)32-31-35(29(27)24-12-11-23(39-3)18-25(24)40-4)22(19-42-31)17-26(37)34-15-13-33(14-16-34)20(2)36/h6-12,18-19,29H,5,13-17H2,1-4H3/t29-/m1/s1. The van der Waals surface area contributed by atoms with Crippen molar-refractivity contribution in [2.24, 2.45) is 4.99 Å². The second-order valence-corrected chi connectivity index (χ2v) is 10.8. The van der Waals surface area contributed by atoms with Crippen molar-refractivity contribution in [1.82, 2.24) is 14.7 Å². The lowest BCUT2D eigenvalue weighted by Gasteiger charge is -2.38. The van der Waals surface area contributed by atoms with E-state index in [0.29, 0.717) is 59.7 Å². The Hall–Kier alpha value is -4.25. The number of carbonyl (C=O) groups is 3. The molecule has 5 rings (SSSR count). The summed E-state index contributed by atoms with van der Waals surface area (Å²) in [6.07, 6.45) is 0.109. The van der Waals surface area contributed by atoms with E-state index in [0.717, 1.165) is 11.3 Å². The summed E-state index contributed by atoms with van der Waals surface area (Å²) in [5.41, 5.74) is 3.06. The molecule has 0 aromatic heterocycles. The van der Waals surface area contributed by atoms with Gasteiger partial charge in [-0.3, -0.25) is 9.59 Å². The maximum Gasteiger partial charge on any atom is 0.338 e. The zero-order chi connectivity index (χ0) is 29.8. The highest BCUT2D eigenvalue weighted by Gasteiger charge is 2.44. The van der Waals surface area contributed by atoms with Crippen LogP contribution >= 0.6 is 11.8 Å². The minimum atomic E-state index is -0.684. The first-order chi connectivity index (χ1) is 20.4. The third kappa shape index (κ3) is 5.74. The van der Waals surface area contributed by atoms with Crippen molar-refractivity contribution in [1.29, 1.82) is 0 Å². The third-order valence-corrected chi connectivity index (χ3v) is 8.39. The quantitative estimate of drug-likeness (QED) is 0.425. The number of rotatable bonds is 8. The van der Waals surface area contributed by atoms with E-state index in [-0.39, 0.29) is 24.8 Å². The fourth-order valence-corrected chi connectivity index (χ4v) is 6.28. The van der Waals surface area contributed by atoms with Crippen molar-refractivity contribution in [3.8, 4) is 11.5 Å². The molecule has 0 spiro atoms. The van der Waals surface area contributed by atoms with Gasteiger partial charge in [0, 0.05) is 56.0 Å². The Morgan fingerprint density at radius 2 is 1.69 bits per heavy atom. The van der Waals surface area contributed by atoms with E-state index < -0.39 is 12.0 Å². The molecule has 1 saturated heterocycles. The third-order valence-electron chi connectivity index (χ3n) is 7.50.